The van der Waals surface area contributed by atoms with E-state index < -0.39 is 73.7 Å². The fourth-order valence-electron chi connectivity index (χ4n) is 2.05. The monoisotopic (exact) mass is 460 g/mol. The predicted molar refractivity (Wildman–Crippen MR) is 65.1 cm³/mol. The number of alkyl halides is 13. The third-order valence-corrected chi connectivity index (χ3v) is 3.84. The van der Waals surface area contributed by atoms with Crippen LogP contribution in [0.4, 0.5) is 61.9 Å². The molecule has 17 heteroatoms. The summed E-state index contributed by atoms with van der Waals surface area (Å²) in [7, 11) is 0. The first-order valence-corrected chi connectivity index (χ1v) is 7.18. The zero-order valence-electron chi connectivity index (χ0n) is 13.5. The molecule has 0 aliphatic carbocycles. The number of amides is 3. The predicted octanol–water partition coefficient (Wildman–Crippen LogP) is 4.06. The van der Waals surface area contributed by atoms with Crippen molar-refractivity contribution in [2.24, 2.45) is 0 Å². The Kier molecular flexibility index (Phi) is 6.11. The van der Waals surface area contributed by atoms with Gasteiger partial charge in [-0.3, -0.25) is 10.1 Å². The first-order chi connectivity index (χ1) is 12.6. The van der Waals surface area contributed by atoms with Crippen LogP contribution in [0.1, 0.15) is 12.8 Å². The van der Waals surface area contributed by atoms with Crippen LogP contribution in [0, 0.1) is 0 Å². The van der Waals surface area contributed by atoms with Gasteiger partial charge in [0.1, 0.15) is 0 Å². The molecule has 1 saturated heterocycles. The molecule has 170 valence electrons. The van der Waals surface area contributed by atoms with Gasteiger partial charge in [0.15, 0.2) is 0 Å². The summed E-state index contributed by atoms with van der Waals surface area (Å²) >= 11 is 0. The number of nitrogens with one attached hydrogen (secondary N) is 1. The first kappa shape index (κ1) is 25.1. The molecule has 0 bridgehead atoms. The van der Waals surface area contributed by atoms with Gasteiger partial charge >= 0.3 is 41.8 Å². The second-order valence-electron chi connectivity index (χ2n) is 5.84. The Hall–Kier alpha value is -1.97. The molecule has 1 N–H and O–H groups in total. The molecular weight excluding hydrogens is 451 g/mol. The Morgan fingerprint density at radius 2 is 1.17 bits per heavy atom. The van der Waals surface area contributed by atoms with Crippen LogP contribution in [0.15, 0.2) is 0 Å². The minimum absolute atomic E-state index is 0.214. The summed E-state index contributed by atoms with van der Waals surface area (Å²) in [6.07, 6.45) is -10.5. The van der Waals surface area contributed by atoms with E-state index in [4.69, 9.17) is 0 Å². The zero-order valence-corrected chi connectivity index (χ0v) is 13.5. The van der Waals surface area contributed by atoms with Crippen molar-refractivity contribution in [1.29, 1.82) is 0 Å². The van der Waals surface area contributed by atoms with Crippen LogP contribution < -0.4 is 5.32 Å². The molecule has 0 spiro atoms. The molecule has 4 nitrogen and oxygen atoms in total. The molecule has 0 aromatic heterocycles. The Morgan fingerprint density at radius 3 is 1.59 bits per heavy atom. The van der Waals surface area contributed by atoms with Crippen LogP contribution in [0.25, 0.3) is 0 Å². The van der Waals surface area contributed by atoms with E-state index in [0.717, 1.165) is 0 Å². The van der Waals surface area contributed by atoms with E-state index in [1.807, 2.05) is 0 Å². The standard InChI is InChI=1S/C12H9F13N2O2/c13-7(14,2-4-27-3-1-5(28)26-6(27)29)8(15,16)9(17,18)10(19,20)11(21,22)12(23,24)25/h1-4H2,(H,26,28,29). The molecule has 1 aliphatic rings. The molecule has 0 atom stereocenters. The molecule has 0 radical (unpaired) electrons. The van der Waals surface area contributed by atoms with Crippen LogP contribution in [-0.2, 0) is 4.79 Å². The molecule has 0 aromatic rings. The van der Waals surface area contributed by atoms with Gasteiger partial charge in [0.2, 0.25) is 5.91 Å². The number of halogens is 13. The summed E-state index contributed by atoms with van der Waals surface area (Å²) in [5, 5.41) is 1.52. The maximum atomic E-state index is 13.6. The number of urea groups is 1. The molecular formula is C12H9F13N2O2. The lowest BCUT2D eigenvalue weighted by atomic mass is 9.92. The fourth-order valence-corrected chi connectivity index (χ4v) is 2.05. The molecule has 3 amide bonds. The third-order valence-electron chi connectivity index (χ3n) is 3.84. The molecule has 1 rings (SSSR count). The highest BCUT2D eigenvalue weighted by Crippen LogP contribution is 2.60. The van der Waals surface area contributed by atoms with Gasteiger partial charge in [-0.15, -0.1) is 0 Å². The highest BCUT2D eigenvalue weighted by atomic mass is 19.4. The van der Waals surface area contributed by atoms with Crippen LogP contribution >= 0.6 is 0 Å². The van der Waals surface area contributed by atoms with Gasteiger partial charge < -0.3 is 4.90 Å². The van der Waals surface area contributed by atoms with Crippen molar-refractivity contribution in [1.82, 2.24) is 10.2 Å². The normalized spacial score (nSPS) is 18.2. The van der Waals surface area contributed by atoms with Crippen molar-refractivity contribution in [3.63, 3.8) is 0 Å². The topological polar surface area (TPSA) is 49.4 Å². The summed E-state index contributed by atoms with van der Waals surface area (Å²) in [5.41, 5.74) is 0. The average molecular weight is 460 g/mol. The molecule has 29 heavy (non-hydrogen) atoms. The van der Waals surface area contributed by atoms with E-state index in [9.17, 15) is 66.7 Å². The van der Waals surface area contributed by atoms with E-state index in [0.29, 0.717) is 0 Å². The lowest BCUT2D eigenvalue weighted by Crippen LogP contribution is -2.70. The van der Waals surface area contributed by atoms with Gasteiger partial charge in [-0.1, -0.05) is 0 Å². The number of carbonyl (C=O) groups excluding carboxylic acids is 2. The molecule has 1 aliphatic heterocycles. The van der Waals surface area contributed by atoms with E-state index in [1.165, 1.54) is 5.32 Å². The number of rotatable bonds is 7. The van der Waals surface area contributed by atoms with Gasteiger partial charge in [0.05, 0.1) is 0 Å². The van der Waals surface area contributed by atoms with E-state index >= 15 is 0 Å². The number of carbonyl (C=O) groups is 2. The smallest absolute Gasteiger partial charge is 0.324 e. The van der Waals surface area contributed by atoms with Gasteiger partial charge in [0.25, 0.3) is 0 Å². The van der Waals surface area contributed by atoms with Gasteiger partial charge in [0, 0.05) is 25.9 Å². The Bertz CT molecular complexity index is 659. The van der Waals surface area contributed by atoms with Crippen LogP contribution in [0.3, 0.4) is 0 Å². The van der Waals surface area contributed by atoms with Crippen LogP contribution in [-0.4, -0.2) is 65.7 Å². The van der Waals surface area contributed by atoms with Gasteiger partial charge in [-0.05, 0) is 0 Å². The number of hydrogen-bond donors (Lipinski definition) is 1. The second-order valence-corrected chi connectivity index (χ2v) is 5.84. The van der Waals surface area contributed by atoms with Crippen molar-refractivity contribution in [3.05, 3.63) is 0 Å². The Morgan fingerprint density at radius 1 is 0.724 bits per heavy atom. The number of imide groups is 1. The van der Waals surface area contributed by atoms with Crippen molar-refractivity contribution >= 4 is 11.9 Å². The van der Waals surface area contributed by atoms with E-state index in [-0.39, 0.29) is 4.90 Å². The summed E-state index contributed by atoms with van der Waals surface area (Å²) in [5.74, 6) is -38.2. The molecule has 0 aromatic carbocycles. The highest BCUT2D eigenvalue weighted by molar-refractivity contribution is 5.96. The second kappa shape index (κ2) is 7.07. The Balaban J connectivity index is 3.15. The minimum atomic E-state index is -7.96. The third kappa shape index (κ3) is 3.91. The van der Waals surface area contributed by atoms with E-state index in [2.05, 4.69) is 0 Å². The maximum Gasteiger partial charge on any atom is 0.460 e. The summed E-state index contributed by atoms with van der Waals surface area (Å²) in [4.78, 5) is 22.3. The SMILES string of the molecule is O=C1CCN(CCC(F)(F)C(F)(F)C(F)(F)C(F)(F)C(F)(F)C(F)(F)F)C(=O)N1. The first-order valence-electron chi connectivity index (χ1n) is 7.18. The minimum Gasteiger partial charge on any atom is -0.324 e. The van der Waals surface area contributed by atoms with Gasteiger partial charge in [-0.2, -0.15) is 57.1 Å². The van der Waals surface area contributed by atoms with Gasteiger partial charge in [-0.25, -0.2) is 4.79 Å². The summed E-state index contributed by atoms with van der Waals surface area (Å²) in [6.45, 7) is -2.20. The molecule has 1 fully saturated rings. The number of nitrogens with zero attached hydrogens (tertiary/aromatic N) is 1. The lowest BCUT2D eigenvalue weighted by molar-refractivity contribution is -0.440. The van der Waals surface area contributed by atoms with Crippen molar-refractivity contribution in [2.45, 2.75) is 48.6 Å². The van der Waals surface area contributed by atoms with Crippen molar-refractivity contribution in [2.75, 3.05) is 13.1 Å². The Labute approximate surface area is 152 Å². The van der Waals surface area contributed by atoms with Crippen LogP contribution in [0.5, 0.6) is 0 Å². The summed E-state index contributed by atoms with van der Waals surface area (Å²) < 4.78 is 168. The maximum absolute atomic E-state index is 13.6. The van der Waals surface area contributed by atoms with Crippen LogP contribution in [0.2, 0.25) is 0 Å². The molecule has 0 saturated carbocycles. The fraction of sp³-hybridized carbons (Fsp3) is 0.833. The summed E-state index contributed by atoms with van der Waals surface area (Å²) in [6, 6.07) is -1.43. The average Bonchev–Trinajstić information content (AvgIpc) is 2.52. The lowest BCUT2D eigenvalue weighted by Gasteiger charge is -2.40. The largest absolute Gasteiger partial charge is 0.460 e. The quantitative estimate of drug-likeness (QED) is 0.583. The highest BCUT2D eigenvalue weighted by Gasteiger charge is 2.90. The number of hydrogen-bond acceptors (Lipinski definition) is 2. The molecule has 1 heterocycles. The zero-order chi connectivity index (χ0) is 23.3. The molecule has 0 unspecified atom stereocenters. The van der Waals surface area contributed by atoms with E-state index in [1.54, 1.807) is 0 Å². The van der Waals surface area contributed by atoms with Crippen molar-refractivity contribution in [3.8, 4) is 0 Å². The van der Waals surface area contributed by atoms with Crippen molar-refractivity contribution < 1.29 is 66.7 Å².